The quantitative estimate of drug-likeness (QED) is 0.295. The summed E-state index contributed by atoms with van der Waals surface area (Å²) in [7, 11) is 0. The maximum absolute atomic E-state index is 13.4. The number of furan rings is 1. The van der Waals surface area contributed by atoms with Gasteiger partial charge < -0.3 is 20.2 Å². The number of rotatable bonds is 6. The van der Waals surface area contributed by atoms with E-state index in [0.29, 0.717) is 18.4 Å². The van der Waals surface area contributed by atoms with Crippen LogP contribution >= 0.6 is 0 Å². The van der Waals surface area contributed by atoms with Gasteiger partial charge in [-0.05, 0) is 79.6 Å². The predicted octanol–water partition coefficient (Wildman–Crippen LogP) is 3.84. The molecular formula is C29H26N6O5. The van der Waals surface area contributed by atoms with Gasteiger partial charge in [-0.1, -0.05) is 12.1 Å². The third kappa shape index (κ3) is 4.25. The fourth-order valence-electron chi connectivity index (χ4n) is 5.36. The van der Waals surface area contributed by atoms with Gasteiger partial charge in [0.1, 0.15) is 29.1 Å². The first-order chi connectivity index (χ1) is 19.2. The summed E-state index contributed by atoms with van der Waals surface area (Å²) in [4.78, 5) is 46.4. The van der Waals surface area contributed by atoms with Crippen LogP contribution in [0.2, 0.25) is 0 Å². The monoisotopic (exact) mass is 538 g/mol. The normalized spacial score (nSPS) is 14.4. The maximum atomic E-state index is 13.4. The summed E-state index contributed by atoms with van der Waals surface area (Å²) in [5, 5.41) is 20.4. The van der Waals surface area contributed by atoms with Gasteiger partial charge in [0.2, 0.25) is 0 Å². The van der Waals surface area contributed by atoms with E-state index in [1.165, 1.54) is 16.9 Å². The highest BCUT2D eigenvalue weighted by atomic mass is 16.4. The zero-order valence-electron chi connectivity index (χ0n) is 22.1. The number of amides is 2. The molecule has 0 saturated carbocycles. The van der Waals surface area contributed by atoms with Crippen molar-refractivity contribution in [1.82, 2.24) is 30.2 Å². The average Bonchev–Trinajstić information content (AvgIpc) is 3.65. The van der Waals surface area contributed by atoms with E-state index in [1.807, 2.05) is 32.0 Å². The molecule has 1 atom stereocenters. The molecular weight excluding hydrogens is 512 g/mol. The van der Waals surface area contributed by atoms with Gasteiger partial charge in [-0.25, -0.2) is 9.78 Å². The standard InChI is InChI=1S/C29H26N6O5/c1-14-16(3)40-25-9-4-17(10-21(14)25)12-30-26(36)23-11-24(35-29(34-23)31-13-32-35)27(37)33-22-8-7-18-15(2)19(28(38)39)5-6-20(18)22/h4-6,9-11,13,22H,7-8,12H2,1-3H3,(H,30,36)(H,33,37)(H,38,39)/t22-/m0/s1. The molecule has 1 aliphatic rings. The number of carbonyl (C=O) groups is 3. The molecule has 0 bridgehead atoms. The van der Waals surface area contributed by atoms with Crippen LogP contribution in [0.1, 0.15) is 77.4 Å². The van der Waals surface area contributed by atoms with Crippen molar-refractivity contribution >= 4 is 34.5 Å². The number of carboxylic acid groups (broad SMARTS) is 1. The molecule has 6 rings (SSSR count). The molecule has 2 amide bonds. The SMILES string of the molecule is Cc1oc2ccc(CNC(=O)c3cc(C(=O)N[C@H]4CCc5c4ccc(C(=O)O)c5C)n4ncnc4n3)cc2c1C. The number of hydrogen-bond acceptors (Lipinski definition) is 7. The Bertz CT molecular complexity index is 1850. The van der Waals surface area contributed by atoms with Crippen LogP contribution in [0.4, 0.5) is 0 Å². The van der Waals surface area contributed by atoms with E-state index in [2.05, 4.69) is 25.7 Å². The molecule has 3 N–H and O–H groups in total. The number of carboxylic acids is 1. The fraction of sp³-hybridized carbons (Fsp3) is 0.241. The molecule has 11 nitrogen and oxygen atoms in total. The van der Waals surface area contributed by atoms with Crippen LogP contribution in [0.15, 0.2) is 47.1 Å². The van der Waals surface area contributed by atoms with Crippen molar-refractivity contribution in [2.24, 2.45) is 0 Å². The summed E-state index contributed by atoms with van der Waals surface area (Å²) in [5.74, 6) is -0.897. The highest BCUT2D eigenvalue weighted by Crippen LogP contribution is 2.35. The summed E-state index contributed by atoms with van der Waals surface area (Å²) < 4.78 is 7.02. The number of nitrogens with zero attached hydrogens (tertiary/aromatic N) is 4. The van der Waals surface area contributed by atoms with E-state index in [9.17, 15) is 19.5 Å². The molecule has 40 heavy (non-hydrogen) atoms. The van der Waals surface area contributed by atoms with Gasteiger partial charge in [0.25, 0.3) is 17.6 Å². The van der Waals surface area contributed by atoms with Crippen molar-refractivity contribution in [2.45, 2.75) is 46.2 Å². The molecule has 202 valence electrons. The first-order valence-corrected chi connectivity index (χ1v) is 12.9. The van der Waals surface area contributed by atoms with E-state index < -0.39 is 17.8 Å². The van der Waals surface area contributed by atoms with E-state index in [1.54, 1.807) is 19.1 Å². The molecule has 0 radical (unpaired) electrons. The van der Waals surface area contributed by atoms with Gasteiger partial charge in [-0.2, -0.15) is 14.6 Å². The molecule has 3 aromatic heterocycles. The Hall–Kier alpha value is -5.06. The van der Waals surface area contributed by atoms with Crippen LogP contribution in [0, 0.1) is 20.8 Å². The first kappa shape index (κ1) is 25.2. The Labute approximate surface area is 228 Å². The van der Waals surface area contributed by atoms with Crippen LogP contribution in [-0.2, 0) is 13.0 Å². The van der Waals surface area contributed by atoms with Crippen molar-refractivity contribution < 1.29 is 23.9 Å². The van der Waals surface area contributed by atoms with Gasteiger partial charge in [-0.3, -0.25) is 9.59 Å². The number of aromatic nitrogens is 4. The minimum atomic E-state index is -0.976. The summed E-state index contributed by atoms with van der Waals surface area (Å²) >= 11 is 0. The third-order valence-corrected chi connectivity index (χ3v) is 7.64. The molecule has 2 aromatic carbocycles. The highest BCUT2D eigenvalue weighted by molar-refractivity contribution is 5.98. The van der Waals surface area contributed by atoms with Crippen LogP contribution in [-0.4, -0.2) is 42.5 Å². The van der Waals surface area contributed by atoms with Gasteiger partial charge in [0, 0.05) is 18.0 Å². The molecule has 0 fully saturated rings. The Morgan fingerprint density at radius 3 is 2.70 bits per heavy atom. The number of benzene rings is 2. The summed E-state index contributed by atoms with van der Waals surface area (Å²) in [5.41, 5.74) is 5.69. The van der Waals surface area contributed by atoms with Gasteiger partial charge in [0.15, 0.2) is 0 Å². The second-order valence-electron chi connectivity index (χ2n) is 9.97. The van der Waals surface area contributed by atoms with Gasteiger partial charge >= 0.3 is 5.97 Å². The zero-order valence-corrected chi connectivity index (χ0v) is 22.1. The molecule has 1 aliphatic carbocycles. The van der Waals surface area contributed by atoms with Crippen LogP contribution in [0.25, 0.3) is 16.7 Å². The first-order valence-electron chi connectivity index (χ1n) is 12.9. The van der Waals surface area contributed by atoms with Crippen molar-refractivity contribution in [3.05, 3.63) is 93.3 Å². The summed E-state index contributed by atoms with van der Waals surface area (Å²) in [6, 6.07) is 10.2. The van der Waals surface area contributed by atoms with Crippen molar-refractivity contribution in [3.63, 3.8) is 0 Å². The van der Waals surface area contributed by atoms with Gasteiger partial charge in [0.05, 0.1) is 11.6 Å². The second kappa shape index (κ2) is 9.60. The zero-order chi connectivity index (χ0) is 28.1. The summed E-state index contributed by atoms with van der Waals surface area (Å²) in [6.45, 7) is 5.95. The topological polar surface area (TPSA) is 152 Å². The smallest absolute Gasteiger partial charge is 0.335 e. The lowest BCUT2D eigenvalue weighted by Gasteiger charge is -2.16. The number of fused-ring (bicyclic) bond motifs is 3. The number of hydrogen-bond donors (Lipinski definition) is 3. The predicted molar refractivity (Wildman–Crippen MR) is 144 cm³/mol. The third-order valence-electron chi connectivity index (χ3n) is 7.64. The Morgan fingerprint density at radius 2 is 1.90 bits per heavy atom. The lowest BCUT2D eigenvalue weighted by Crippen LogP contribution is -2.30. The summed E-state index contributed by atoms with van der Waals surface area (Å²) in [6.07, 6.45) is 2.55. The van der Waals surface area contributed by atoms with Gasteiger partial charge in [-0.15, -0.1) is 0 Å². The maximum Gasteiger partial charge on any atom is 0.335 e. The molecule has 5 aromatic rings. The lowest BCUT2D eigenvalue weighted by molar-refractivity contribution is 0.0695. The van der Waals surface area contributed by atoms with Crippen molar-refractivity contribution in [1.29, 1.82) is 0 Å². The molecule has 0 aliphatic heterocycles. The minimum absolute atomic E-state index is 0.0378. The van der Waals surface area contributed by atoms with Crippen LogP contribution in [0.3, 0.4) is 0 Å². The Morgan fingerprint density at radius 1 is 1.07 bits per heavy atom. The van der Waals surface area contributed by atoms with Crippen molar-refractivity contribution in [2.75, 3.05) is 0 Å². The largest absolute Gasteiger partial charge is 0.478 e. The van der Waals surface area contributed by atoms with E-state index >= 15 is 0 Å². The fourth-order valence-corrected chi connectivity index (χ4v) is 5.36. The number of aromatic carboxylic acids is 1. The molecule has 3 heterocycles. The van der Waals surface area contributed by atoms with Crippen molar-refractivity contribution in [3.8, 4) is 0 Å². The minimum Gasteiger partial charge on any atom is -0.478 e. The lowest BCUT2D eigenvalue weighted by atomic mass is 9.98. The number of carbonyl (C=O) groups excluding carboxylic acids is 2. The second-order valence-corrected chi connectivity index (χ2v) is 9.97. The number of nitrogens with one attached hydrogen (secondary N) is 2. The van der Waals surface area contributed by atoms with E-state index in [-0.39, 0.29) is 35.3 Å². The molecule has 0 spiro atoms. The molecule has 0 unspecified atom stereocenters. The highest BCUT2D eigenvalue weighted by Gasteiger charge is 2.29. The van der Waals surface area contributed by atoms with E-state index in [0.717, 1.165) is 39.0 Å². The van der Waals surface area contributed by atoms with Crippen LogP contribution in [0.5, 0.6) is 0 Å². The number of aryl methyl sites for hydroxylation is 2. The van der Waals surface area contributed by atoms with Crippen LogP contribution < -0.4 is 10.6 Å². The molecule has 11 heteroatoms. The Balaban J connectivity index is 1.23. The van der Waals surface area contributed by atoms with E-state index in [4.69, 9.17) is 4.42 Å². The Kier molecular flexibility index (Phi) is 6.05. The molecule has 0 saturated heterocycles. The average molecular weight is 539 g/mol.